The Kier molecular flexibility index (Phi) is 2.88. The van der Waals surface area contributed by atoms with Crippen molar-refractivity contribution >= 4 is 22.7 Å². The van der Waals surface area contributed by atoms with Gasteiger partial charge >= 0.3 is 0 Å². The molecule has 3 N–H and O–H groups in total. The SMILES string of the molecule is CC[C@@H]1C[C@@H](C(N)=O)C[C@@H]1c1nnc2cnc3[nH]ccc3n12. The molecule has 4 rings (SSSR count). The van der Waals surface area contributed by atoms with Crippen molar-refractivity contribution in [3.63, 3.8) is 0 Å². The molecule has 22 heavy (non-hydrogen) atoms. The Bertz CT molecular complexity index is 850. The Morgan fingerprint density at radius 3 is 3.09 bits per heavy atom. The van der Waals surface area contributed by atoms with Crippen molar-refractivity contribution in [3.8, 4) is 0 Å². The van der Waals surface area contributed by atoms with Crippen LogP contribution in [0.3, 0.4) is 0 Å². The van der Waals surface area contributed by atoms with Gasteiger partial charge in [-0.15, -0.1) is 10.2 Å². The molecule has 3 heterocycles. The molecule has 0 saturated heterocycles. The number of carbonyl (C=O) groups is 1. The number of aromatic nitrogens is 5. The van der Waals surface area contributed by atoms with Crippen molar-refractivity contribution in [2.45, 2.75) is 32.1 Å². The maximum absolute atomic E-state index is 11.6. The van der Waals surface area contributed by atoms with Gasteiger partial charge in [0.05, 0.1) is 11.7 Å². The van der Waals surface area contributed by atoms with Crippen LogP contribution in [0.15, 0.2) is 18.5 Å². The van der Waals surface area contributed by atoms with Crippen LogP contribution in [0.4, 0.5) is 0 Å². The normalized spacial score (nSPS) is 25.2. The number of amides is 1. The fourth-order valence-electron chi connectivity index (χ4n) is 3.76. The molecule has 0 spiro atoms. The van der Waals surface area contributed by atoms with Crippen LogP contribution in [-0.4, -0.2) is 30.5 Å². The number of hydrogen-bond donors (Lipinski definition) is 2. The minimum absolute atomic E-state index is 0.0640. The molecule has 1 aliphatic carbocycles. The van der Waals surface area contributed by atoms with E-state index < -0.39 is 0 Å². The van der Waals surface area contributed by atoms with E-state index in [1.807, 2.05) is 12.3 Å². The molecule has 1 aliphatic rings. The molecule has 0 bridgehead atoms. The molecule has 3 aromatic rings. The number of nitrogens with zero attached hydrogens (tertiary/aromatic N) is 4. The van der Waals surface area contributed by atoms with Gasteiger partial charge in [0.2, 0.25) is 5.91 Å². The van der Waals surface area contributed by atoms with Gasteiger partial charge in [0, 0.05) is 18.0 Å². The highest BCUT2D eigenvalue weighted by Crippen LogP contribution is 2.44. The third-order valence-corrected chi connectivity index (χ3v) is 4.92. The number of hydrogen-bond acceptors (Lipinski definition) is 4. The maximum Gasteiger partial charge on any atom is 0.220 e. The van der Waals surface area contributed by atoms with Crippen LogP contribution in [0.5, 0.6) is 0 Å². The number of rotatable bonds is 3. The van der Waals surface area contributed by atoms with Gasteiger partial charge in [-0.05, 0) is 24.8 Å². The molecule has 1 saturated carbocycles. The predicted octanol–water partition coefficient (Wildman–Crippen LogP) is 1.61. The molecule has 0 radical (unpaired) electrons. The summed E-state index contributed by atoms with van der Waals surface area (Å²) in [5, 5.41) is 8.66. The van der Waals surface area contributed by atoms with Gasteiger partial charge in [0.15, 0.2) is 11.3 Å². The molecule has 0 aromatic carbocycles. The quantitative estimate of drug-likeness (QED) is 0.766. The first-order chi connectivity index (χ1) is 10.7. The highest BCUT2D eigenvalue weighted by atomic mass is 16.1. The van der Waals surface area contributed by atoms with Crippen molar-refractivity contribution in [2.75, 3.05) is 0 Å². The molecule has 1 fully saturated rings. The lowest BCUT2D eigenvalue weighted by Crippen LogP contribution is -2.20. The topological polar surface area (TPSA) is 102 Å². The van der Waals surface area contributed by atoms with Crippen molar-refractivity contribution in [1.82, 2.24) is 24.6 Å². The van der Waals surface area contributed by atoms with Crippen LogP contribution in [-0.2, 0) is 4.79 Å². The first kappa shape index (κ1) is 13.2. The molecule has 1 amide bonds. The van der Waals surface area contributed by atoms with E-state index in [9.17, 15) is 4.79 Å². The summed E-state index contributed by atoms with van der Waals surface area (Å²) in [6, 6.07) is 1.98. The standard InChI is InChI=1S/C15H18N6O/c1-2-8-5-9(13(16)22)6-10(8)15-20-19-12-7-18-14-11(21(12)15)3-4-17-14/h3-4,7-10,17H,2,5-6H2,1H3,(H2,16,22)/t8-,9-,10+/m1/s1. The van der Waals surface area contributed by atoms with Crippen LogP contribution in [0.25, 0.3) is 16.8 Å². The minimum atomic E-state index is -0.205. The van der Waals surface area contributed by atoms with Crippen LogP contribution in [0, 0.1) is 11.8 Å². The van der Waals surface area contributed by atoms with E-state index in [4.69, 9.17) is 5.73 Å². The van der Waals surface area contributed by atoms with Gasteiger partial charge < -0.3 is 10.7 Å². The monoisotopic (exact) mass is 298 g/mol. The minimum Gasteiger partial charge on any atom is -0.369 e. The lowest BCUT2D eigenvalue weighted by molar-refractivity contribution is -0.121. The van der Waals surface area contributed by atoms with Gasteiger partial charge in [-0.25, -0.2) is 4.98 Å². The number of primary amides is 1. The molecular formula is C15H18N6O. The van der Waals surface area contributed by atoms with E-state index in [0.29, 0.717) is 5.92 Å². The smallest absolute Gasteiger partial charge is 0.220 e. The molecule has 3 atom stereocenters. The summed E-state index contributed by atoms with van der Waals surface area (Å²) in [5.41, 5.74) is 8.03. The fraction of sp³-hybridized carbons (Fsp3) is 0.467. The second-order valence-electron chi connectivity index (χ2n) is 6.07. The van der Waals surface area contributed by atoms with E-state index in [2.05, 4.69) is 31.5 Å². The Morgan fingerprint density at radius 1 is 1.45 bits per heavy atom. The van der Waals surface area contributed by atoms with Gasteiger partial charge in [0.25, 0.3) is 0 Å². The maximum atomic E-state index is 11.6. The molecule has 7 heteroatoms. The van der Waals surface area contributed by atoms with E-state index in [1.54, 1.807) is 6.20 Å². The lowest BCUT2D eigenvalue weighted by Gasteiger charge is -2.16. The van der Waals surface area contributed by atoms with Crippen LogP contribution >= 0.6 is 0 Å². The zero-order valence-corrected chi connectivity index (χ0v) is 12.4. The average molecular weight is 298 g/mol. The summed E-state index contributed by atoms with van der Waals surface area (Å²) in [7, 11) is 0. The lowest BCUT2D eigenvalue weighted by atomic mass is 9.93. The van der Waals surface area contributed by atoms with Crippen molar-refractivity contribution < 1.29 is 4.79 Å². The number of fused-ring (bicyclic) bond motifs is 3. The number of carbonyl (C=O) groups excluding carboxylic acids is 1. The largest absolute Gasteiger partial charge is 0.369 e. The molecule has 7 nitrogen and oxygen atoms in total. The van der Waals surface area contributed by atoms with E-state index >= 15 is 0 Å². The third kappa shape index (κ3) is 1.81. The molecule has 0 unspecified atom stereocenters. The Labute approximate surface area is 126 Å². The highest BCUT2D eigenvalue weighted by Gasteiger charge is 2.39. The van der Waals surface area contributed by atoms with Crippen LogP contribution in [0.1, 0.15) is 37.9 Å². The zero-order valence-electron chi connectivity index (χ0n) is 12.4. The van der Waals surface area contributed by atoms with Crippen LogP contribution < -0.4 is 5.73 Å². The summed E-state index contributed by atoms with van der Waals surface area (Å²) in [6.07, 6.45) is 6.18. The number of nitrogens with two attached hydrogens (primary N) is 1. The zero-order chi connectivity index (χ0) is 15.3. The van der Waals surface area contributed by atoms with Crippen molar-refractivity contribution in [1.29, 1.82) is 0 Å². The third-order valence-electron chi connectivity index (χ3n) is 4.92. The number of nitrogens with one attached hydrogen (secondary N) is 1. The summed E-state index contributed by atoms with van der Waals surface area (Å²) in [5.74, 6) is 1.26. The number of H-pyrrole nitrogens is 1. The summed E-state index contributed by atoms with van der Waals surface area (Å²) < 4.78 is 2.05. The summed E-state index contributed by atoms with van der Waals surface area (Å²) in [4.78, 5) is 19.0. The van der Waals surface area contributed by atoms with Gasteiger partial charge in [0.1, 0.15) is 5.82 Å². The second kappa shape index (κ2) is 4.79. The fourth-order valence-corrected chi connectivity index (χ4v) is 3.76. The van der Waals surface area contributed by atoms with Gasteiger partial charge in [-0.3, -0.25) is 9.20 Å². The van der Waals surface area contributed by atoms with E-state index in [1.165, 1.54) is 0 Å². The van der Waals surface area contributed by atoms with Crippen molar-refractivity contribution in [3.05, 3.63) is 24.3 Å². The number of aromatic amines is 1. The van der Waals surface area contributed by atoms with E-state index in [0.717, 1.165) is 41.9 Å². The Balaban J connectivity index is 1.86. The molecule has 114 valence electrons. The molecule has 3 aromatic heterocycles. The second-order valence-corrected chi connectivity index (χ2v) is 6.07. The Morgan fingerprint density at radius 2 is 2.32 bits per heavy atom. The Hall–Kier alpha value is -2.44. The summed E-state index contributed by atoms with van der Waals surface area (Å²) in [6.45, 7) is 2.15. The van der Waals surface area contributed by atoms with E-state index in [-0.39, 0.29) is 17.7 Å². The van der Waals surface area contributed by atoms with Gasteiger partial charge in [-0.2, -0.15) is 0 Å². The predicted molar refractivity (Wildman–Crippen MR) is 81.1 cm³/mol. The van der Waals surface area contributed by atoms with Gasteiger partial charge in [-0.1, -0.05) is 13.3 Å². The highest BCUT2D eigenvalue weighted by molar-refractivity contribution is 5.77. The average Bonchev–Trinajstić information content (AvgIpc) is 3.22. The first-order valence-electron chi connectivity index (χ1n) is 7.65. The van der Waals surface area contributed by atoms with Crippen molar-refractivity contribution in [2.24, 2.45) is 17.6 Å². The molecular weight excluding hydrogens is 280 g/mol. The first-order valence-corrected chi connectivity index (χ1v) is 7.65. The summed E-state index contributed by atoms with van der Waals surface area (Å²) >= 11 is 0. The molecule has 0 aliphatic heterocycles. The van der Waals surface area contributed by atoms with Crippen LogP contribution in [0.2, 0.25) is 0 Å².